The van der Waals surface area contributed by atoms with E-state index in [0.29, 0.717) is 0 Å². The Balaban J connectivity index is 1.80. The quantitative estimate of drug-likeness (QED) is 0.653. The number of nitrogens with zero attached hydrogens (tertiary/aromatic N) is 3. The Morgan fingerprint density at radius 1 is 1.06 bits per heavy atom. The fraction of sp³-hybridized carbons (Fsp3) is 0.238. The van der Waals surface area contributed by atoms with E-state index in [2.05, 4.69) is 0 Å². The summed E-state index contributed by atoms with van der Waals surface area (Å²) in [5.41, 5.74) is 6.21. The average molecular weight is 531 g/mol. The average Bonchev–Trinajstić information content (AvgIpc) is 2.76. The van der Waals surface area contributed by atoms with Crippen molar-refractivity contribution in [2.24, 2.45) is 5.73 Å². The molecule has 1 fully saturated rings. The summed E-state index contributed by atoms with van der Waals surface area (Å²) >= 11 is 12.0. The molecule has 0 aromatic heterocycles. The summed E-state index contributed by atoms with van der Waals surface area (Å²) in [5.74, 6) is -3.54. The van der Waals surface area contributed by atoms with Crippen molar-refractivity contribution in [2.45, 2.75) is 23.4 Å². The van der Waals surface area contributed by atoms with Crippen LogP contribution in [0.4, 0.5) is 8.78 Å². The molecule has 2 aliphatic heterocycles. The molecule has 180 valence electrons. The molecule has 0 spiro atoms. The van der Waals surface area contributed by atoms with Crippen LogP contribution in [0.5, 0.6) is 0 Å². The normalized spacial score (nSPS) is 21.0. The minimum atomic E-state index is -4.33. The van der Waals surface area contributed by atoms with Crippen LogP contribution in [0.2, 0.25) is 10.0 Å². The standard InChI is InChI=1S/C21H18Cl2F2N4O4S/c1-27-10-19-28(34(32,33)18-5-3-12(22)8-13(18)23)9-16(26)20(30)29(19)17(21(27)31)7-11-2-4-14(24)15(25)6-11/h2-6,8,10,16-17H,7,9,26H2,1H3. The number of hydrogen-bond donors (Lipinski definition) is 1. The third-order valence-corrected chi connectivity index (χ3v) is 8.04. The molecule has 34 heavy (non-hydrogen) atoms. The number of amides is 2. The molecular formula is C21H18Cl2F2N4O4S. The van der Waals surface area contributed by atoms with E-state index in [4.69, 9.17) is 28.9 Å². The Hall–Kier alpha value is -2.73. The van der Waals surface area contributed by atoms with Gasteiger partial charge in [0.15, 0.2) is 11.6 Å². The zero-order valence-corrected chi connectivity index (χ0v) is 19.9. The first-order chi connectivity index (χ1) is 15.9. The van der Waals surface area contributed by atoms with Crippen molar-refractivity contribution in [3.63, 3.8) is 0 Å². The molecule has 2 N–H and O–H groups in total. The van der Waals surface area contributed by atoms with Crippen molar-refractivity contribution in [2.75, 3.05) is 13.6 Å². The lowest BCUT2D eigenvalue weighted by Gasteiger charge is -2.47. The molecule has 8 nitrogen and oxygen atoms in total. The van der Waals surface area contributed by atoms with Gasteiger partial charge in [0.2, 0.25) is 11.8 Å². The molecule has 4 rings (SSSR count). The summed E-state index contributed by atoms with van der Waals surface area (Å²) in [6.07, 6.45) is 1.00. The lowest BCUT2D eigenvalue weighted by molar-refractivity contribution is -0.147. The van der Waals surface area contributed by atoms with Gasteiger partial charge in [-0.25, -0.2) is 21.5 Å². The zero-order chi connectivity index (χ0) is 24.9. The lowest BCUT2D eigenvalue weighted by Crippen LogP contribution is -2.65. The smallest absolute Gasteiger partial charge is 0.267 e. The van der Waals surface area contributed by atoms with Crippen molar-refractivity contribution in [3.05, 3.63) is 75.7 Å². The second kappa shape index (κ2) is 8.81. The maximum absolute atomic E-state index is 13.8. The summed E-state index contributed by atoms with van der Waals surface area (Å²) in [7, 11) is -2.94. The van der Waals surface area contributed by atoms with E-state index in [1.807, 2.05) is 0 Å². The molecule has 13 heteroatoms. The number of hydrogen-bond acceptors (Lipinski definition) is 5. The van der Waals surface area contributed by atoms with Crippen LogP contribution in [0.15, 0.2) is 53.3 Å². The maximum Gasteiger partial charge on any atom is 0.267 e. The molecule has 2 amide bonds. The lowest BCUT2D eigenvalue weighted by atomic mass is 10.00. The van der Waals surface area contributed by atoms with E-state index in [0.717, 1.165) is 26.2 Å². The highest BCUT2D eigenvalue weighted by molar-refractivity contribution is 7.89. The number of nitrogens with two attached hydrogens (primary N) is 1. The van der Waals surface area contributed by atoms with Gasteiger partial charge in [0.1, 0.15) is 22.8 Å². The Labute approximate surface area is 204 Å². The van der Waals surface area contributed by atoms with Crippen LogP contribution >= 0.6 is 23.2 Å². The molecule has 2 unspecified atom stereocenters. The first kappa shape index (κ1) is 24.4. The van der Waals surface area contributed by atoms with E-state index in [1.165, 1.54) is 37.5 Å². The van der Waals surface area contributed by atoms with Gasteiger partial charge in [0, 0.05) is 24.7 Å². The third kappa shape index (κ3) is 4.13. The number of benzene rings is 2. The highest BCUT2D eigenvalue weighted by atomic mass is 35.5. The minimum Gasteiger partial charge on any atom is -0.318 e. The number of rotatable bonds is 4. The molecule has 0 radical (unpaired) electrons. The summed E-state index contributed by atoms with van der Waals surface area (Å²) in [6.45, 7) is -0.400. The van der Waals surface area contributed by atoms with Crippen molar-refractivity contribution < 1.29 is 26.8 Å². The molecule has 2 aromatic rings. The molecule has 2 heterocycles. The SMILES string of the molecule is CN1C=C2N(C(=O)C(N)CN2S(=O)(=O)c2ccc(Cl)cc2Cl)C(Cc2ccc(F)c(F)c2)C1=O. The summed E-state index contributed by atoms with van der Waals surface area (Å²) in [5, 5.41) is 0.0913. The third-order valence-electron chi connectivity index (χ3n) is 5.55. The van der Waals surface area contributed by atoms with Crippen LogP contribution in [0, 0.1) is 11.6 Å². The Morgan fingerprint density at radius 3 is 2.41 bits per heavy atom. The Kier molecular flexibility index (Phi) is 6.32. The highest BCUT2D eigenvalue weighted by Crippen LogP contribution is 2.35. The number of sulfonamides is 1. The van der Waals surface area contributed by atoms with Crippen molar-refractivity contribution in [3.8, 4) is 0 Å². The number of halogens is 4. The fourth-order valence-electron chi connectivity index (χ4n) is 3.88. The number of fused-ring (bicyclic) bond motifs is 1. The summed E-state index contributed by atoms with van der Waals surface area (Å²) < 4.78 is 55.1. The van der Waals surface area contributed by atoms with Gasteiger partial charge in [-0.2, -0.15) is 0 Å². The van der Waals surface area contributed by atoms with Crippen molar-refractivity contribution >= 4 is 45.0 Å². The second-order valence-corrected chi connectivity index (χ2v) is 10.5. The van der Waals surface area contributed by atoms with Crippen LogP contribution in [-0.2, 0) is 26.0 Å². The van der Waals surface area contributed by atoms with Crippen LogP contribution in [-0.4, -0.2) is 60.0 Å². The topological polar surface area (TPSA) is 104 Å². The van der Waals surface area contributed by atoms with Crippen LogP contribution in [0.25, 0.3) is 0 Å². The summed E-state index contributed by atoms with van der Waals surface area (Å²) in [6, 6.07) is 4.40. The first-order valence-electron chi connectivity index (χ1n) is 9.90. The van der Waals surface area contributed by atoms with E-state index in [9.17, 15) is 26.8 Å². The number of carbonyl (C=O) groups is 2. The van der Waals surface area contributed by atoms with Gasteiger partial charge < -0.3 is 10.6 Å². The van der Waals surface area contributed by atoms with E-state index < -0.39 is 52.1 Å². The molecule has 2 atom stereocenters. The van der Waals surface area contributed by atoms with Gasteiger partial charge in [-0.05, 0) is 35.9 Å². The zero-order valence-electron chi connectivity index (χ0n) is 17.6. The molecule has 2 aliphatic rings. The maximum atomic E-state index is 13.8. The Bertz CT molecular complexity index is 1340. The highest BCUT2D eigenvalue weighted by Gasteiger charge is 2.48. The van der Waals surface area contributed by atoms with Gasteiger partial charge in [-0.15, -0.1) is 0 Å². The number of carbonyl (C=O) groups excluding carboxylic acids is 2. The predicted molar refractivity (Wildman–Crippen MR) is 120 cm³/mol. The van der Waals surface area contributed by atoms with Gasteiger partial charge in [0.05, 0.1) is 11.6 Å². The van der Waals surface area contributed by atoms with Gasteiger partial charge >= 0.3 is 0 Å². The minimum absolute atomic E-state index is 0.118. The monoisotopic (exact) mass is 530 g/mol. The van der Waals surface area contributed by atoms with Crippen molar-refractivity contribution in [1.82, 2.24) is 14.1 Å². The van der Waals surface area contributed by atoms with E-state index >= 15 is 0 Å². The largest absolute Gasteiger partial charge is 0.318 e. The van der Waals surface area contributed by atoms with Gasteiger partial charge in [-0.1, -0.05) is 29.3 Å². The molecule has 2 aromatic carbocycles. The van der Waals surface area contributed by atoms with E-state index in [-0.39, 0.29) is 32.7 Å². The molecule has 1 saturated heterocycles. The Morgan fingerprint density at radius 2 is 1.76 bits per heavy atom. The number of likely N-dealkylation sites (N-methyl/N-ethyl adjacent to an activating group) is 1. The van der Waals surface area contributed by atoms with Gasteiger partial charge in [-0.3, -0.25) is 14.5 Å². The molecule has 0 bridgehead atoms. The molecular weight excluding hydrogens is 513 g/mol. The van der Waals surface area contributed by atoms with E-state index in [1.54, 1.807) is 0 Å². The predicted octanol–water partition coefficient (Wildman–Crippen LogP) is 2.31. The van der Waals surface area contributed by atoms with Crippen LogP contribution in [0.1, 0.15) is 5.56 Å². The fourth-order valence-corrected chi connectivity index (χ4v) is 6.10. The van der Waals surface area contributed by atoms with Crippen LogP contribution in [0.3, 0.4) is 0 Å². The first-order valence-corrected chi connectivity index (χ1v) is 12.1. The van der Waals surface area contributed by atoms with Crippen LogP contribution < -0.4 is 5.73 Å². The second-order valence-electron chi connectivity index (χ2n) is 7.83. The summed E-state index contributed by atoms with van der Waals surface area (Å²) in [4.78, 5) is 27.9. The molecule has 0 aliphatic carbocycles. The van der Waals surface area contributed by atoms with Gasteiger partial charge in [0.25, 0.3) is 10.0 Å². The molecule has 0 saturated carbocycles. The van der Waals surface area contributed by atoms with Crippen molar-refractivity contribution in [1.29, 1.82) is 0 Å².